The Kier molecular flexibility index (Phi) is 4.29. The number of hydrogen-bond donors (Lipinski definition) is 1. The number of rotatable bonds is 6. The molecule has 0 fully saturated rings. The maximum atomic E-state index is 11.4. The first-order valence-corrected chi connectivity index (χ1v) is 5.18. The van der Waals surface area contributed by atoms with Crippen LogP contribution < -0.4 is 4.74 Å². The monoisotopic (exact) mass is 236 g/mol. The van der Waals surface area contributed by atoms with E-state index in [-0.39, 0.29) is 6.61 Å². The van der Waals surface area contributed by atoms with Gasteiger partial charge in [0.05, 0.1) is 13.7 Å². The molecule has 1 rings (SSSR count). The summed E-state index contributed by atoms with van der Waals surface area (Å²) in [4.78, 5) is 11.4. The van der Waals surface area contributed by atoms with Gasteiger partial charge in [0.2, 0.25) is 0 Å². The smallest absolute Gasteiger partial charge is 0.340 e. The number of carboxylic acids is 1. The molecular formula is C13H16O4. The summed E-state index contributed by atoms with van der Waals surface area (Å²) in [6.45, 7) is 5.16. The van der Waals surface area contributed by atoms with Crippen molar-refractivity contribution >= 4 is 5.97 Å². The second-order valence-corrected chi connectivity index (χ2v) is 3.64. The Hall–Kier alpha value is -1.81. The topological polar surface area (TPSA) is 55.8 Å². The first-order chi connectivity index (χ1) is 8.06. The van der Waals surface area contributed by atoms with Gasteiger partial charge in [0.15, 0.2) is 5.60 Å². The van der Waals surface area contributed by atoms with E-state index in [4.69, 9.17) is 9.47 Å². The van der Waals surface area contributed by atoms with Gasteiger partial charge in [-0.05, 0) is 13.0 Å². The fourth-order valence-corrected chi connectivity index (χ4v) is 1.52. The molecule has 0 aromatic heterocycles. The average molecular weight is 236 g/mol. The number of carbonyl (C=O) groups is 1. The van der Waals surface area contributed by atoms with E-state index in [1.54, 1.807) is 24.3 Å². The van der Waals surface area contributed by atoms with E-state index in [9.17, 15) is 9.90 Å². The summed E-state index contributed by atoms with van der Waals surface area (Å²) in [5.41, 5.74) is -0.960. The standard InChI is InChI=1S/C13H16O4/c1-4-9-17-13(2,12(14)15)10-7-5-6-8-11(10)16-3/h4-8H,1,9H2,2-3H3,(H,14,15). The quantitative estimate of drug-likeness (QED) is 0.769. The van der Waals surface area contributed by atoms with E-state index in [0.29, 0.717) is 11.3 Å². The van der Waals surface area contributed by atoms with Crippen molar-refractivity contribution in [2.75, 3.05) is 13.7 Å². The zero-order chi connectivity index (χ0) is 12.9. The molecule has 1 aromatic rings. The molecule has 1 atom stereocenters. The summed E-state index contributed by atoms with van der Waals surface area (Å²) < 4.78 is 10.5. The van der Waals surface area contributed by atoms with Crippen LogP contribution in [0.5, 0.6) is 5.75 Å². The van der Waals surface area contributed by atoms with Gasteiger partial charge in [0.25, 0.3) is 0 Å². The van der Waals surface area contributed by atoms with Crippen LogP contribution in [0.3, 0.4) is 0 Å². The predicted octanol–water partition coefficient (Wildman–Crippen LogP) is 2.20. The molecule has 1 N–H and O–H groups in total. The fraction of sp³-hybridized carbons (Fsp3) is 0.308. The molecule has 0 saturated carbocycles. The van der Waals surface area contributed by atoms with Crippen molar-refractivity contribution in [3.05, 3.63) is 42.5 Å². The SMILES string of the molecule is C=CCOC(C)(C(=O)O)c1ccccc1OC. The third-order valence-corrected chi connectivity index (χ3v) is 2.52. The normalized spacial score (nSPS) is 13.8. The minimum atomic E-state index is -1.44. The van der Waals surface area contributed by atoms with E-state index >= 15 is 0 Å². The van der Waals surface area contributed by atoms with E-state index in [1.165, 1.54) is 20.1 Å². The summed E-state index contributed by atoms with van der Waals surface area (Å²) in [6.07, 6.45) is 1.51. The molecule has 0 bridgehead atoms. The second kappa shape index (κ2) is 5.50. The fourth-order valence-electron chi connectivity index (χ4n) is 1.52. The van der Waals surface area contributed by atoms with Crippen molar-refractivity contribution in [3.63, 3.8) is 0 Å². The molecule has 0 saturated heterocycles. The molecule has 17 heavy (non-hydrogen) atoms. The maximum Gasteiger partial charge on any atom is 0.340 e. The first kappa shape index (κ1) is 13.3. The van der Waals surface area contributed by atoms with Crippen LogP contribution in [0.15, 0.2) is 36.9 Å². The molecule has 4 heteroatoms. The number of para-hydroxylation sites is 1. The van der Waals surface area contributed by atoms with Crippen molar-refractivity contribution in [1.29, 1.82) is 0 Å². The summed E-state index contributed by atoms with van der Waals surface area (Å²) in [5.74, 6) is -0.578. The zero-order valence-electron chi connectivity index (χ0n) is 9.97. The molecule has 0 aliphatic carbocycles. The Morgan fingerprint density at radius 3 is 2.71 bits per heavy atom. The lowest BCUT2D eigenvalue weighted by Crippen LogP contribution is -2.36. The Morgan fingerprint density at radius 1 is 1.53 bits per heavy atom. The molecule has 92 valence electrons. The number of aliphatic carboxylic acids is 1. The largest absolute Gasteiger partial charge is 0.496 e. The molecule has 1 unspecified atom stereocenters. The van der Waals surface area contributed by atoms with Crippen LogP contribution in [0, 0.1) is 0 Å². The maximum absolute atomic E-state index is 11.4. The van der Waals surface area contributed by atoms with Crippen LogP contribution in [-0.4, -0.2) is 24.8 Å². The van der Waals surface area contributed by atoms with Crippen molar-refractivity contribution < 1.29 is 19.4 Å². The Labute approximate surface area is 100 Å². The van der Waals surface area contributed by atoms with Gasteiger partial charge in [-0.15, -0.1) is 6.58 Å². The van der Waals surface area contributed by atoms with Crippen LogP contribution in [0.25, 0.3) is 0 Å². The van der Waals surface area contributed by atoms with Crippen molar-refractivity contribution in [3.8, 4) is 5.75 Å². The molecule has 0 spiro atoms. The molecule has 0 heterocycles. The van der Waals surface area contributed by atoms with Gasteiger partial charge >= 0.3 is 5.97 Å². The second-order valence-electron chi connectivity index (χ2n) is 3.64. The molecular weight excluding hydrogens is 220 g/mol. The number of benzene rings is 1. The Morgan fingerprint density at radius 2 is 2.18 bits per heavy atom. The van der Waals surface area contributed by atoms with E-state index in [0.717, 1.165) is 0 Å². The number of carboxylic acid groups (broad SMARTS) is 1. The van der Waals surface area contributed by atoms with Crippen LogP contribution in [0.2, 0.25) is 0 Å². The Balaban J connectivity index is 3.21. The highest BCUT2D eigenvalue weighted by molar-refractivity contribution is 5.80. The lowest BCUT2D eigenvalue weighted by molar-refractivity contribution is -0.163. The van der Waals surface area contributed by atoms with Crippen LogP contribution in [-0.2, 0) is 15.1 Å². The van der Waals surface area contributed by atoms with Gasteiger partial charge in [0.1, 0.15) is 5.75 Å². The van der Waals surface area contributed by atoms with Gasteiger partial charge < -0.3 is 14.6 Å². The molecule has 1 aromatic carbocycles. The molecule has 0 aliphatic heterocycles. The molecule has 0 amide bonds. The predicted molar refractivity (Wildman–Crippen MR) is 64.1 cm³/mol. The van der Waals surface area contributed by atoms with E-state index in [1.807, 2.05) is 0 Å². The van der Waals surface area contributed by atoms with Gasteiger partial charge in [-0.25, -0.2) is 4.79 Å². The number of hydrogen-bond acceptors (Lipinski definition) is 3. The van der Waals surface area contributed by atoms with Crippen molar-refractivity contribution in [2.45, 2.75) is 12.5 Å². The van der Waals surface area contributed by atoms with Gasteiger partial charge in [-0.1, -0.05) is 24.3 Å². The molecule has 0 radical (unpaired) electrons. The third-order valence-electron chi connectivity index (χ3n) is 2.52. The minimum Gasteiger partial charge on any atom is -0.496 e. The summed E-state index contributed by atoms with van der Waals surface area (Å²) >= 11 is 0. The summed E-state index contributed by atoms with van der Waals surface area (Å²) in [6, 6.07) is 6.90. The van der Waals surface area contributed by atoms with Crippen LogP contribution in [0.4, 0.5) is 0 Å². The highest BCUT2D eigenvalue weighted by Gasteiger charge is 2.38. The lowest BCUT2D eigenvalue weighted by Gasteiger charge is -2.26. The summed E-state index contributed by atoms with van der Waals surface area (Å²) in [7, 11) is 1.49. The molecule has 4 nitrogen and oxygen atoms in total. The van der Waals surface area contributed by atoms with Gasteiger partial charge in [-0.3, -0.25) is 0 Å². The number of methoxy groups -OCH3 is 1. The first-order valence-electron chi connectivity index (χ1n) is 5.18. The van der Waals surface area contributed by atoms with Crippen LogP contribution >= 0.6 is 0 Å². The zero-order valence-corrected chi connectivity index (χ0v) is 9.97. The average Bonchev–Trinajstić information content (AvgIpc) is 2.35. The van der Waals surface area contributed by atoms with Crippen molar-refractivity contribution in [2.24, 2.45) is 0 Å². The highest BCUT2D eigenvalue weighted by Crippen LogP contribution is 2.33. The van der Waals surface area contributed by atoms with Crippen LogP contribution in [0.1, 0.15) is 12.5 Å². The van der Waals surface area contributed by atoms with E-state index < -0.39 is 11.6 Å². The number of ether oxygens (including phenoxy) is 2. The Bertz CT molecular complexity index is 414. The van der Waals surface area contributed by atoms with Gasteiger partial charge in [0, 0.05) is 5.56 Å². The third kappa shape index (κ3) is 2.65. The lowest BCUT2D eigenvalue weighted by atomic mass is 9.95. The van der Waals surface area contributed by atoms with Crippen molar-refractivity contribution in [1.82, 2.24) is 0 Å². The minimum absolute atomic E-state index is 0.154. The van der Waals surface area contributed by atoms with E-state index in [2.05, 4.69) is 6.58 Å². The highest BCUT2D eigenvalue weighted by atomic mass is 16.5. The molecule has 0 aliphatic rings. The summed E-state index contributed by atoms with van der Waals surface area (Å²) in [5, 5.41) is 9.32. The van der Waals surface area contributed by atoms with Gasteiger partial charge in [-0.2, -0.15) is 0 Å².